The van der Waals surface area contributed by atoms with Crippen molar-refractivity contribution in [2.24, 2.45) is 0 Å². The molecule has 6 nitrogen and oxygen atoms in total. The maximum absolute atomic E-state index is 12.4. The zero-order valence-corrected chi connectivity index (χ0v) is 14.3. The van der Waals surface area contributed by atoms with Crippen LogP contribution in [0.4, 0.5) is 11.6 Å². The molecule has 7 heteroatoms. The van der Waals surface area contributed by atoms with E-state index in [1.807, 2.05) is 18.2 Å². The van der Waals surface area contributed by atoms with Crippen LogP contribution in [0.3, 0.4) is 0 Å². The van der Waals surface area contributed by atoms with E-state index in [1.165, 1.54) is 0 Å². The van der Waals surface area contributed by atoms with Crippen LogP contribution in [0.25, 0.3) is 0 Å². The third-order valence-corrected chi connectivity index (χ3v) is 3.69. The minimum Gasteiger partial charge on any atom is -0.349 e. The molecule has 126 valence electrons. The van der Waals surface area contributed by atoms with Crippen molar-refractivity contribution >= 4 is 29.1 Å². The molecule has 0 aliphatic heterocycles. The zero-order chi connectivity index (χ0) is 17.6. The minimum absolute atomic E-state index is 0.260. The number of hydrogen-bond acceptors (Lipinski definition) is 5. The number of anilines is 2. The van der Waals surface area contributed by atoms with E-state index in [0.717, 1.165) is 5.69 Å². The van der Waals surface area contributed by atoms with E-state index in [2.05, 4.69) is 25.6 Å². The molecule has 0 radical (unpaired) electrons. The molecule has 0 fully saturated rings. The van der Waals surface area contributed by atoms with Gasteiger partial charge in [-0.15, -0.1) is 0 Å². The van der Waals surface area contributed by atoms with Gasteiger partial charge in [-0.25, -0.2) is 9.97 Å². The van der Waals surface area contributed by atoms with Gasteiger partial charge in [-0.2, -0.15) is 0 Å². The summed E-state index contributed by atoms with van der Waals surface area (Å²) in [5, 5.41) is 6.30. The fraction of sp³-hybridized carbons (Fsp3) is 0.111. The number of aryl methyl sites for hydroxylation is 1. The normalized spacial score (nSPS) is 10.3. The molecule has 2 N–H and O–H groups in total. The van der Waals surface area contributed by atoms with E-state index < -0.39 is 0 Å². The van der Waals surface area contributed by atoms with Crippen LogP contribution in [-0.4, -0.2) is 20.9 Å². The number of rotatable bonds is 5. The van der Waals surface area contributed by atoms with E-state index in [-0.39, 0.29) is 11.6 Å². The summed E-state index contributed by atoms with van der Waals surface area (Å²) in [6.07, 6.45) is 1.72. The molecule has 1 aromatic carbocycles. The zero-order valence-electron chi connectivity index (χ0n) is 13.5. The predicted octanol–water partition coefficient (Wildman–Crippen LogP) is 3.70. The second-order valence-electron chi connectivity index (χ2n) is 5.33. The molecule has 0 bridgehead atoms. The summed E-state index contributed by atoms with van der Waals surface area (Å²) in [7, 11) is 0. The molecule has 3 rings (SSSR count). The average molecular weight is 354 g/mol. The Hall–Kier alpha value is -2.99. The second kappa shape index (κ2) is 7.72. The maximum atomic E-state index is 12.4. The number of benzene rings is 1. The van der Waals surface area contributed by atoms with Crippen molar-refractivity contribution < 1.29 is 4.79 Å². The number of nitrogens with zero attached hydrogens (tertiary/aromatic N) is 3. The van der Waals surface area contributed by atoms with Gasteiger partial charge >= 0.3 is 0 Å². The van der Waals surface area contributed by atoms with Crippen molar-refractivity contribution in [3.8, 4) is 0 Å². The van der Waals surface area contributed by atoms with Crippen LogP contribution in [0.1, 0.15) is 21.9 Å². The Bertz CT molecular complexity index is 886. The fourth-order valence-corrected chi connectivity index (χ4v) is 2.37. The Labute approximate surface area is 150 Å². The van der Waals surface area contributed by atoms with Gasteiger partial charge in [-0.3, -0.25) is 9.78 Å². The van der Waals surface area contributed by atoms with Gasteiger partial charge in [0.1, 0.15) is 5.69 Å². The summed E-state index contributed by atoms with van der Waals surface area (Å²) >= 11 is 6.07. The Balaban J connectivity index is 1.74. The summed E-state index contributed by atoms with van der Waals surface area (Å²) in [5.74, 6) is 0.0226. The van der Waals surface area contributed by atoms with Crippen LogP contribution in [0.2, 0.25) is 5.02 Å². The second-order valence-corrected chi connectivity index (χ2v) is 5.73. The van der Waals surface area contributed by atoms with Crippen molar-refractivity contribution in [1.82, 2.24) is 15.0 Å². The number of carbonyl (C=O) groups is 1. The topological polar surface area (TPSA) is 79.8 Å². The third kappa shape index (κ3) is 4.51. The summed E-state index contributed by atoms with van der Waals surface area (Å²) < 4.78 is 0. The molecule has 1 amide bonds. The first-order valence-electron chi connectivity index (χ1n) is 7.67. The van der Waals surface area contributed by atoms with Gasteiger partial charge in [-0.05, 0) is 37.3 Å². The molecule has 3 aromatic rings. The number of hydrogen-bond donors (Lipinski definition) is 2. The van der Waals surface area contributed by atoms with Crippen LogP contribution in [0.5, 0.6) is 0 Å². The van der Waals surface area contributed by atoms with Gasteiger partial charge in [0, 0.05) is 11.9 Å². The van der Waals surface area contributed by atoms with Crippen LogP contribution >= 0.6 is 11.6 Å². The van der Waals surface area contributed by atoms with Gasteiger partial charge in [-0.1, -0.05) is 29.8 Å². The molecule has 0 spiro atoms. The average Bonchev–Trinajstić information content (AvgIpc) is 2.62. The van der Waals surface area contributed by atoms with Gasteiger partial charge in [0.2, 0.25) is 5.95 Å². The third-order valence-electron chi connectivity index (χ3n) is 3.36. The molecule has 0 aliphatic carbocycles. The lowest BCUT2D eigenvalue weighted by atomic mass is 10.3. The molecule has 25 heavy (non-hydrogen) atoms. The number of carbonyl (C=O) groups excluding carboxylic acids is 1. The highest BCUT2D eigenvalue weighted by molar-refractivity contribution is 6.33. The highest BCUT2D eigenvalue weighted by atomic mass is 35.5. The standard InChI is InChI=1S/C18H16ClN5O/c1-12-10-16(17(25)23-15-8-3-2-7-14(15)19)24-18(22-12)21-11-13-6-4-5-9-20-13/h2-10H,11H2,1H3,(H,23,25)(H,21,22,24). The largest absolute Gasteiger partial charge is 0.349 e. The summed E-state index contributed by atoms with van der Waals surface area (Å²) in [6.45, 7) is 2.27. The first-order valence-corrected chi connectivity index (χ1v) is 8.05. The Morgan fingerprint density at radius 2 is 1.92 bits per heavy atom. The number of aromatic nitrogens is 3. The molecule has 0 saturated carbocycles. The van der Waals surface area contributed by atoms with E-state index in [1.54, 1.807) is 43.5 Å². The van der Waals surface area contributed by atoms with Crippen molar-refractivity contribution in [1.29, 1.82) is 0 Å². The van der Waals surface area contributed by atoms with Gasteiger partial charge < -0.3 is 10.6 Å². The van der Waals surface area contributed by atoms with E-state index >= 15 is 0 Å². The van der Waals surface area contributed by atoms with Crippen LogP contribution in [-0.2, 0) is 6.54 Å². The SMILES string of the molecule is Cc1cc(C(=O)Nc2ccccc2Cl)nc(NCc2ccccn2)n1. The van der Waals surface area contributed by atoms with Crippen LogP contribution < -0.4 is 10.6 Å². The lowest BCUT2D eigenvalue weighted by Gasteiger charge is -2.09. The van der Waals surface area contributed by atoms with Crippen molar-refractivity contribution in [3.05, 3.63) is 76.8 Å². The molecule has 0 aliphatic rings. The number of amides is 1. The summed E-state index contributed by atoms with van der Waals surface area (Å²) in [5.41, 5.74) is 2.34. The highest BCUT2D eigenvalue weighted by Gasteiger charge is 2.12. The van der Waals surface area contributed by atoms with E-state index in [9.17, 15) is 4.79 Å². The Morgan fingerprint density at radius 3 is 2.68 bits per heavy atom. The lowest BCUT2D eigenvalue weighted by Crippen LogP contribution is -2.16. The monoisotopic (exact) mass is 353 g/mol. The molecule has 0 atom stereocenters. The van der Waals surface area contributed by atoms with Crippen molar-refractivity contribution in [3.63, 3.8) is 0 Å². The Morgan fingerprint density at radius 1 is 1.12 bits per heavy atom. The minimum atomic E-state index is -0.348. The number of para-hydroxylation sites is 1. The molecule has 0 unspecified atom stereocenters. The van der Waals surface area contributed by atoms with Gasteiger partial charge in [0.25, 0.3) is 5.91 Å². The molecule has 2 heterocycles. The Kier molecular flexibility index (Phi) is 5.20. The summed E-state index contributed by atoms with van der Waals surface area (Å²) in [4.78, 5) is 25.2. The van der Waals surface area contributed by atoms with E-state index in [4.69, 9.17) is 11.6 Å². The number of halogens is 1. The maximum Gasteiger partial charge on any atom is 0.274 e. The molecule has 2 aromatic heterocycles. The summed E-state index contributed by atoms with van der Waals surface area (Å²) in [6, 6.07) is 14.3. The molecular weight excluding hydrogens is 338 g/mol. The first kappa shape index (κ1) is 16.9. The van der Waals surface area contributed by atoms with E-state index in [0.29, 0.717) is 28.9 Å². The molecular formula is C18H16ClN5O. The van der Waals surface area contributed by atoms with Crippen LogP contribution in [0, 0.1) is 6.92 Å². The van der Waals surface area contributed by atoms with Crippen molar-refractivity contribution in [2.45, 2.75) is 13.5 Å². The quantitative estimate of drug-likeness (QED) is 0.731. The smallest absolute Gasteiger partial charge is 0.274 e. The highest BCUT2D eigenvalue weighted by Crippen LogP contribution is 2.21. The first-order chi connectivity index (χ1) is 12.1. The van der Waals surface area contributed by atoms with Gasteiger partial charge in [0.05, 0.1) is 22.9 Å². The molecule has 0 saturated heterocycles. The number of pyridine rings is 1. The van der Waals surface area contributed by atoms with Crippen molar-refractivity contribution in [2.75, 3.05) is 10.6 Å². The van der Waals surface area contributed by atoms with Gasteiger partial charge in [0.15, 0.2) is 0 Å². The lowest BCUT2D eigenvalue weighted by molar-refractivity contribution is 0.102. The van der Waals surface area contributed by atoms with Crippen LogP contribution in [0.15, 0.2) is 54.7 Å². The number of nitrogens with one attached hydrogen (secondary N) is 2. The fourth-order valence-electron chi connectivity index (χ4n) is 2.19. The predicted molar refractivity (Wildman–Crippen MR) is 97.7 cm³/mol.